The Morgan fingerprint density at radius 3 is 2.48 bits per heavy atom. The normalized spacial score (nSPS) is 11.0. The average Bonchev–Trinajstić information content (AvgIpc) is 2.59. The number of carboxylic acids is 1. The Balaban J connectivity index is 2.30. The van der Waals surface area contributed by atoms with Crippen molar-refractivity contribution >= 4 is 16.9 Å². The second-order valence-corrected chi connectivity index (χ2v) is 5.16. The maximum absolute atomic E-state index is 13.3. The van der Waals surface area contributed by atoms with Crippen LogP contribution in [0.5, 0.6) is 0 Å². The van der Waals surface area contributed by atoms with Crippen molar-refractivity contribution in [1.82, 2.24) is 4.98 Å². The molecule has 0 aliphatic rings. The second-order valence-electron chi connectivity index (χ2n) is 5.16. The van der Waals surface area contributed by atoms with E-state index in [-0.39, 0.29) is 5.56 Å². The summed E-state index contributed by atoms with van der Waals surface area (Å²) in [5.74, 6) is 3.22. The van der Waals surface area contributed by atoms with Crippen molar-refractivity contribution in [3.8, 4) is 23.0 Å². The van der Waals surface area contributed by atoms with E-state index in [2.05, 4.69) is 10.9 Å². The number of aliphatic carboxylic acids is 1. The first-order valence-electron chi connectivity index (χ1n) is 7.17. The van der Waals surface area contributed by atoms with Crippen molar-refractivity contribution in [3.05, 3.63) is 65.9 Å². The van der Waals surface area contributed by atoms with Crippen LogP contribution < -0.4 is 0 Å². The molecular formula is C19H10F3NO2. The average molecular weight is 341 g/mol. The largest absolute Gasteiger partial charge is 0.472 e. The molecule has 0 aliphatic heterocycles. The molecule has 2 aromatic carbocycles. The van der Waals surface area contributed by atoms with Gasteiger partial charge in [0.25, 0.3) is 0 Å². The molecule has 0 bridgehead atoms. The van der Waals surface area contributed by atoms with E-state index in [9.17, 15) is 18.0 Å². The standard InChI is InChI=1S/C19H10F3NO2/c20-19(21,22)16-6-2-1-4-14(16)15-9-7-12(8-10-17(24)25)13-5-3-11-23-18(13)15/h1-7,9,11H,(H,24,25). The predicted molar refractivity (Wildman–Crippen MR) is 86.7 cm³/mol. The van der Waals surface area contributed by atoms with E-state index >= 15 is 0 Å². The number of fused-ring (bicyclic) bond motifs is 1. The summed E-state index contributed by atoms with van der Waals surface area (Å²) in [6.07, 6.45) is -3.03. The smallest absolute Gasteiger partial charge is 0.417 e. The minimum Gasteiger partial charge on any atom is -0.472 e. The highest BCUT2D eigenvalue weighted by molar-refractivity contribution is 5.98. The SMILES string of the molecule is O=C(O)C#Cc1ccc(-c2ccccc2C(F)(F)F)c2ncccc12. The maximum atomic E-state index is 13.3. The Hall–Kier alpha value is -3.33. The molecule has 0 amide bonds. The Bertz CT molecular complexity index is 1030. The zero-order valence-corrected chi connectivity index (χ0v) is 12.6. The van der Waals surface area contributed by atoms with E-state index in [1.54, 1.807) is 12.1 Å². The summed E-state index contributed by atoms with van der Waals surface area (Å²) in [5, 5.41) is 9.18. The number of aromatic nitrogens is 1. The lowest BCUT2D eigenvalue weighted by Gasteiger charge is -2.14. The number of halogens is 3. The second kappa shape index (κ2) is 6.29. The summed E-state index contributed by atoms with van der Waals surface area (Å²) in [7, 11) is 0. The zero-order chi connectivity index (χ0) is 18.0. The van der Waals surface area contributed by atoms with Crippen LogP contribution in [-0.2, 0) is 11.0 Å². The third kappa shape index (κ3) is 3.31. The van der Waals surface area contributed by atoms with Crippen LogP contribution in [0.4, 0.5) is 13.2 Å². The van der Waals surface area contributed by atoms with Crippen LogP contribution in [-0.4, -0.2) is 16.1 Å². The Kier molecular flexibility index (Phi) is 4.15. The molecule has 3 nitrogen and oxygen atoms in total. The zero-order valence-electron chi connectivity index (χ0n) is 12.6. The van der Waals surface area contributed by atoms with Crippen LogP contribution in [0.1, 0.15) is 11.1 Å². The van der Waals surface area contributed by atoms with Gasteiger partial charge in [-0.25, -0.2) is 4.79 Å². The van der Waals surface area contributed by atoms with E-state index in [0.29, 0.717) is 22.0 Å². The van der Waals surface area contributed by atoms with Gasteiger partial charge in [0, 0.05) is 28.6 Å². The molecule has 0 fully saturated rings. The number of alkyl halides is 3. The van der Waals surface area contributed by atoms with Crippen LogP contribution in [0.25, 0.3) is 22.0 Å². The molecule has 0 radical (unpaired) electrons. The first kappa shape index (κ1) is 16.5. The van der Waals surface area contributed by atoms with Gasteiger partial charge in [-0.05, 0) is 23.8 Å². The molecule has 1 N–H and O–H groups in total. The molecular weight excluding hydrogens is 331 g/mol. The van der Waals surface area contributed by atoms with Crippen LogP contribution in [0.15, 0.2) is 54.7 Å². The van der Waals surface area contributed by atoms with Gasteiger partial charge in [0.2, 0.25) is 0 Å². The summed E-state index contributed by atoms with van der Waals surface area (Å²) >= 11 is 0. The Morgan fingerprint density at radius 2 is 1.76 bits per heavy atom. The third-order valence-corrected chi connectivity index (χ3v) is 3.60. The first-order valence-corrected chi connectivity index (χ1v) is 7.17. The van der Waals surface area contributed by atoms with E-state index in [1.165, 1.54) is 36.5 Å². The summed E-state index contributed by atoms with van der Waals surface area (Å²) in [6.45, 7) is 0. The van der Waals surface area contributed by atoms with Gasteiger partial charge in [-0.3, -0.25) is 4.98 Å². The number of nitrogens with zero attached hydrogens (tertiary/aromatic N) is 1. The molecule has 0 atom stereocenters. The number of carboxylic acid groups (broad SMARTS) is 1. The molecule has 6 heteroatoms. The van der Waals surface area contributed by atoms with E-state index in [4.69, 9.17) is 5.11 Å². The van der Waals surface area contributed by atoms with Crippen LogP contribution in [0, 0.1) is 11.8 Å². The lowest BCUT2D eigenvalue weighted by molar-refractivity contribution is -0.137. The molecule has 3 aromatic rings. The summed E-state index contributed by atoms with van der Waals surface area (Å²) in [6, 6.07) is 11.5. The number of hydrogen-bond acceptors (Lipinski definition) is 2. The molecule has 0 saturated heterocycles. The van der Waals surface area contributed by atoms with E-state index < -0.39 is 17.7 Å². The summed E-state index contributed by atoms with van der Waals surface area (Å²) < 4.78 is 39.9. The van der Waals surface area contributed by atoms with Gasteiger partial charge in [-0.1, -0.05) is 36.3 Å². The molecule has 124 valence electrons. The molecule has 0 unspecified atom stereocenters. The van der Waals surface area contributed by atoms with Gasteiger partial charge in [-0.15, -0.1) is 0 Å². The third-order valence-electron chi connectivity index (χ3n) is 3.60. The van der Waals surface area contributed by atoms with E-state index in [1.807, 2.05) is 5.92 Å². The molecule has 0 aliphatic carbocycles. The molecule has 0 spiro atoms. The molecule has 1 heterocycles. The van der Waals surface area contributed by atoms with Crippen LogP contribution in [0.3, 0.4) is 0 Å². The first-order chi connectivity index (χ1) is 11.9. The topological polar surface area (TPSA) is 50.2 Å². The molecule has 0 saturated carbocycles. The minimum absolute atomic E-state index is 0.0106. The van der Waals surface area contributed by atoms with Crippen molar-refractivity contribution in [2.45, 2.75) is 6.18 Å². The summed E-state index contributed by atoms with van der Waals surface area (Å²) in [5.41, 5.74) is 0.280. The maximum Gasteiger partial charge on any atom is 0.417 e. The number of hydrogen-bond donors (Lipinski definition) is 1. The highest BCUT2D eigenvalue weighted by Gasteiger charge is 2.33. The van der Waals surface area contributed by atoms with Crippen molar-refractivity contribution in [1.29, 1.82) is 0 Å². The summed E-state index contributed by atoms with van der Waals surface area (Å²) in [4.78, 5) is 14.8. The van der Waals surface area contributed by atoms with E-state index in [0.717, 1.165) is 6.07 Å². The van der Waals surface area contributed by atoms with Gasteiger partial charge in [0.05, 0.1) is 11.1 Å². The van der Waals surface area contributed by atoms with Gasteiger partial charge >= 0.3 is 12.1 Å². The number of rotatable bonds is 1. The van der Waals surface area contributed by atoms with Crippen LogP contribution in [0.2, 0.25) is 0 Å². The quantitative estimate of drug-likeness (QED) is 0.669. The Morgan fingerprint density at radius 1 is 1.00 bits per heavy atom. The highest BCUT2D eigenvalue weighted by Crippen LogP contribution is 2.39. The van der Waals surface area contributed by atoms with Gasteiger partial charge in [-0.2, -0.15) is 13.2 Å². The lowest BCUT2D eigenvalue weighted by Crippen LogP contribution is -2.07. The van der Waals surface area contributed by atoms with Gasteiger partial charge < -0.3 is 5.11 Å². The number of pyridine rings is 1. The predicted octanol–water partition coefficient (Wildman–Crippen LogP) is 4.36. The fourth-order valence-electron chi connectivity index (χ4n) is 2.58. The van der Waals surface area contributed by atoms with Crippen molar-refractivity contribution in [3.63, 3.8) is 0 Å². The van der Waals surface area contributed by atoms with Gasteiger partial charge in [0.1, 0.15) is 0 Å². The van der Waals surface area contributed by atoms with Crippen LogP contribution >= 0.6 is 0 Å². The van der Waals surface area contributed by atoms with Gasteiger partial charge in [0.15, 0.2) is 0 Å². The monoisotopic (exact) mass is 341 g/mol. The van der Waals surface area contributed by atoms with Crippen molar-refractivity contribution in [2.75, 3.05) is 0 Å². The van der Waals surface area contributed by atoms with Crippen molar-refractivity contribution < 1.29 is 23.1 Å². The molecule has 25 heavy (non-hydrogen) atoms. The molecule has 1 aromatic heterocycles. The minimum atomic E-state index is -4.50. The number of carbonyl (C=O) groups is 1. The highest BCUT2D eigenvalue weighted by atomic mass is 19.4. The fraction of sp³-hybridized carbons (Fsp3) is 0.0526. The fourth-order valence-corrected chi connectivity index (χ4v) is 2.58. The molecule has 3 rings (SSSR count). The number of benzene rings is 2. The Labute approximate surface area is 140 Å². The van der Waals surface area contributed by atoms with Crippen molar-refractivity contribution in [2.24, 2.45) is 0 Å². The lowest BCUT2D eigenvalue weighted by atomic mass is 9.95.